The van der Waals surface area contributed by atoms with Gasteiger partial charge in [0.2, 0.25) is 5.88 Å². The molecule has 1 heterocycles. The van der Waals surface area contributed by atoms with E-state index in [1.165, 1.54) is 12.1 Å². The van der Waals surface area contributed by atoms with E-state index in [0.717, 1.165) is 16.9 Å². The highest BCUT2D eigenvalue weighted by Crippen LogP contribution is 2.33. The Kier molecular flexibility index (Phi) is 8.53. The van der Waals surface area contributed by atoms with E-state index in [1.54, 1.807) is 60.2 Å². The number of benzene rings is 3. The highest BCUT2D eigenvalue weighted by Gasteiger charge is 2.25. The summed E-state index contributed by atoms with van der Waals surface area (Å²) in [4.78, 5) is 15.3. The van der Waals surface area contributed by atoms with Crippen LogP contribution >= 0.6 is 0 Å². The minimum Gasteiger partial charge on any atom is -0.497 e. The second-order valence-electron chi connectivity index (χ2n) is 8.34. The smallest absolute Gasteiger partial charge is 0.254 e. The molecular weight excluding hydrogens is 473 g/mol. The molecule has 0 bridgehead atoms. The van der Waals surface area contributed by atoms with Gasteiger partial charge in [-0.2, -0.15) is 5.10 Å². The first-order valence-corrected chi connectivity index (χ1v) is 12.1. The SMILES string of the molecule is CCc1nn(-c2ccccc2)c(Oc2cccc(F)c2)c1CN(CCOC)C(=O)c1cccc(OC)c1. The minimum absolute atomic E-state index is 0.179. The number of nitrogens with zero attached hydrogens (tertiary/aromatic N) is 3. The fourth-order valence-electron chi connectivity index (χ4n) is 4.00. The van der Waals surface area contributed by atoms with Crippen molar-refractivity contribution in [2.45, 2.75) is 19.9 Å². The third kappa shape index (κ3) is 6.16. The molecule has 0 unspecified atom stereocenters. The average Bonchev–Trinajstić information content (AvgIpc) is 3.27. The van der Waals surface area contributed by atoms with E-state index in [9.17, 15) is 9.18 Å². The molecule has 192 valence electrons. The number of amides is 1. The monoisotopic (exact) mass is 503 g/mol. The van der Waals surface area contributed by atoms with Gasteiger partial charge in [0.05, 0.1) is 37.2 Å². The Balaban J connectivity index is 1.79. The van der Waals surface area contributed by atoms with Crippen LogP contribution in [0.2, 0.25) is 0 Å². The molecule has 37 heavy (non-hydrogen) atoms. The number of hydrogen-bond donors (Lipinski definition) is 0. The third-order valence-electron chi connectivity index (χ3n) is 5.88. The lowest BCUT2D eigenvalue weighted by Gasteiger charge is -2.23. The lowest BCUT2D eigenvalue weighted by molar-refractivity contribution is 0.0678. The fourth-order valence-corrected chi connectivity index (χ4v) is 4.00. The van der Waals surface area contributed by atoms with Crippen molar-refractivity contribution in [3.05, 3.63) is 102 Å². The molecule has 4 aromatic rings. The van der Waals surface area contributed by atoms with Crippen LogP contribution in [0.15, 0.2) is 78.9 Å². The zero-order chi connectivity index (χ0) is 26.2. The maximum atomic E-state index is 14.0. The molecule has 0 fully saturated rings. The molecule has 1 aromatic heterocycles. The number of hydrogen-bond acceptors (Lipinski definition) is 5. The van der Waals surface area contributed by atoms with Crippen molar-refractivity contribution in [3.8, 4) is 23.1 Å². The van der Waals surface area contributed by atoms with Crippen molar-refractivity contribution in [3.63, 3.8) is 0 Å². The van der Waals surface area contributed by atoms with Crippen molar-refractivity contribution in [2.24, 2.45) is 0 Å². The predicted octanol–water partition coefficient (Wildman–Crippen LogP) is 5.66. The van der Waals surface area contributed by atoms with Gasteiger partial charge in [0.1, 0.15) is 17.3 Å². The van der Waals surface area contributed by atoms with E-state index >= 15 is 0 Å². The number of carbonyl (C=O) groups is 1. The first-order chi connectivity index (χ1) is 18.0. The molecule has 8 heteroatoms. The second kappa shape index (κ2) is 12.2. The van der Waals surface area contributed by atoms with Gasteiger partial charge >= 0.3 is 0 Å². The number of halogens is 1. The first kappa shape index (κ1) is 25.9. The molecule has 0 atom stereocenters. The number of rotatable bonds is 11. The van der Waals surface area contributed by atoms with E-state index in [4.69, 9.17) is 19.3 Å². The largest absolute Gasteiger partial charge is 0.497 e. The van der Waals surface area contributed by atoms with Crippen LogP contribution in [0.4, 0.5) is 4.39 Å². The summed E-state index contributed by atoms with van der Waals surface area (Å²) in [5.74, 6) is 0.773. The molecule has 0 aliphatic carbocycles. The second-order valence-corrected chi connectivity index (χ2v) is 8.34. The van der Waals surface area contributed by atoms with Gasteiger partial charge in [0.25, 0.3) is 5.91 Å². The minimum atomic E-state index is -0.407. The summed E-state index contributed by atoms with van der Waals surface area (Å²) in [6, 6.07) is 22.6. The summed E-state index contributed by atoms with van der Waals surface area (Å²) in [5.41, 5.74) is 2.80. The van der Waals surface area contributed by atoms with Crippen molar-refractivity contribution in [1.82, 2.24) is 14.7 Å². The molecule has 0 saturated carbocycles. The van der Waals surface area contributed by atoms with Crippen molar-refractivity contribution in [2.75, 3.05) is 27.4 Å². The van der Waals surface area contributed by atoms with Crippen LogP contribution in [0, 0.1) is 5.82 Å². The number of para-hydroxylation sites is 1. The Hall–Kier alpha value is -4.17. The predicted molar refractivity (Wildman–Crippen MR) is 139 cm³/mol. The first-order valence-electron chi connectivity index (χ1n) is 12.1. The summed E-state index contributed by atoms with van der Waals surface area (Å²) in [6.07, 6.45) is 0.611. The summed E-state index contributed by atoms with van der Waals surface area (Å²) in [7, 11) is 3.16. The van der Waals surface area contributed by atoms with E-state index in [0.29, 0.717) is 42.5 Å². The molecule has 4 rings (SSSR count). The highest BCUT2D eigenvalue weighted by molar-refractivity contribution is 5.94. The molecule has 7 nitrogen and oxygen atoms in total. The van der Waals surface area contributed by atoms with Crippen LogP contribution in [-0.4, -0.2) is 48.0 Å². The molecule has 0 spiro atoms. The molecular formula is C29H30FN3O4. The van der Waals surface area contributed by atoms with E-state index in [1.807, 2.05) is 37.3 Å². The molecule has 0 aliphatic heterocycles. The quantitative estimate of drug-likeness (QED) is 0.264. The van der Waals surface area contributed by atoms with Crippen LogP contribution in [0.3, 0.4) is 0 Å². The van der Waals surface area contributed by atoms with Gasteiger partial charge in [-0.3, -0.25) is 4.79 Å². The maximum Gasteiger partial charge on any atom is 0.254 e. The summed E-state index contributed by atoms with van der Waals surface area (Å²) in [5, 5.41) is 4.82. The number of aryl methyl sites for hydroxylation is 1. The topological polar surface area (TPSA) is 65.8 Å². The summed E-state index contributed by atoms with van der Waals surface area (Å²) in [6.45, 7) is 2.92. The highest BCUT2D eigenvalue weighted by atomic mass is 19.1. The Bertz CT molecular complexity index is 1340. The van der Waals surface area contributed by atoms with Crippen molar-refractivity contribution in [1.29, 1.82) is 0 Å². The van der Waals surface area contributed by atoms with Gasteiger partial charge in [-0.1, -0.05) is 37.3 Å². The summed E-state index contributed by atoms with van der Waals surface area (Å²) >= 11 is 0. The van der Waals surface area contributed by atoms with Crippen LogP contribution in [-0.2, 0) is 17.7 Å². The Morgan fingerprint density at radius 3 is 2.43 bits per heavy atom. The van der Waals surface area contributed by atoms with Gasteiger partial charge in [-0.15, -0.1) is 0 Å². The zero-order valence-corrected chi connectivity index (χ0v) is 21.2. The van der Waals surface area contributed by atoms with Gasteiger partial charge < -0.3 is 19.1 Å². The van der Waals surface area contributed by atoms with Crippen LogP contribution in [0.25, 0.3) is 5.69 Å². The van der Waals surface area contributed by atoms with Gasteiger partial charge in [0, 0.05) is 25.3 Å². The van der Waals surface area contributed by atoms with Crippen LogP contribution in [0.5, 0.6) is 17.4 Å². The normalized spacial score (nSPS) is 10.8. The Labute approximate surface area is 216 Å². The lowest BCUT2D eigenvalue weighted by Crippen LogP contribution is -2.33. The molecule has 0 saturated heterocycles. The van der Waals surface area contributed by atoms with Crippen molar-refractivity contribution >= 4 is 5.91 Å². The molecule has 3 aromatic carbocycles. The molecule has 0 radical (unpaired) electrons. The number of aromatic nitrogens is 2. The third-order valence-corrected chi connectivity index (χ3v) is 5.88. The van der Waals surface area contributed by atoms with E-state index < -0.39 is 5.82 Å². The Morgan fingerprint density at radius 2 is 1.73 bits per heavy atom. The molecule has 1 amide bonds. The van der Waals surface area contributed by atoms with Gasteiger partial charge in [0.15, 0.2) is 0 Å². The lowest BCUT2D eigenvalue weighted by atomic mass is 10.1. The number of carbonyl (C=O) groups excluding carboxylic acids is 1. The standard InChI is InChI=1S/C29H30FN3O4/c1-4-27-26(20-32(16-17-35-2)28(34)21-10-8-14-24(18-21)36-3)29(37-25-15-9-11-22(30)19-25)33(31-27)23-12-6-5-7-13-23/h5-15,18-19H,4,16-17,20H2,1-3H3. The number of methoxy groups -OCH3 is 2. The van der Waals surface area contributed by atoms with Gasteiger partial charge in [-0.25, -0.2) is 9.07 Å². The molecule has 0 N–H and O–H groups in total. The van der Waals surface area contributed by atoms with E-state index in [-0.39, 0.29) is 12.5 Å². The number of ether oxygens (including phenoxy) is 3. The fraction of sp³-hybridized carbons (Fsp3) is 0.241. The van der Waals surface area contributed by atoms with E-state index in [2.05, 4.69) is 0 Å². The Morgan fingerprint density at radius 1 is 0.973 bits per heavy atom. The zero-order valence-electron chi connectivity index (χ0n) is 21.2. The van der Waals surface area contributed by atoms with Crippen molar-refractivity contribution < 1.29 is 23.4 Å². The van der Waals surface area contributed by atoms with Crippen LogP contribution < -0.4 is 9.47 Å². The average molecular weight is 504 g/mol. The van der Waals surface area contributed by atoms with Crippen LogP contribution in [0.1, 0.15) is 28.5 Å². The molecule has 0 aliphatic rings. The van der Waals surface area contributed by atoms with Gasteiger partial charge in [-0.05, 0) is 48.9 Å². The summed E-state index contributed by atoms with van der Waals surface area (Å²) < 4.78 is 32.6. The maximum absolute atomic E-state index is 14.0.